The third-order valence-corrected chi connectivity index (χ3v) is 6.53. The molecule has 2 fully saturated rings. The van der Waals surface area contributed by atoms with E-state index in [2.05, 4.69) is 16.9 Å². The molecule has 3 heterocycles. The molecule has 0 aliphatic carbocycles. The van der Waals surface area contributed by atoms with Gasteiger partial charge in [-0.1, -0.05) is 6.92 Å². The van der Waals surface area contributed by atoms with Crippen molar-refractivity contribution < 1.29 is 8.42 Å². The third-order valence-electron chi connectivity index (χ3n) is 4.56. The lowest BCUT2D eigenvalue weighted by atomic mass is 9.99. The van der Waals surface area contributed by atoms with Gasteiger partial charge in [0.1, 0.15) is 5.82 Å². The van der Waals surface area contributed by atoms with Crippen molar-refractivity contribution in [1.29, 1.82) is 0 Å². The van der Waals surface area contributed by atoms with Crippen LogP contribution < -0.4 is 0 Å². The van der Waals surface area contributed by atoms with E-state index in [1.165, 1.54) is 0 Å². The molecule has 6 nitrogen and oxygen atoms in total. The van der Waals surface area contributed by atoms with E-state index in [0.717, 1.165) is 31.5 Å². The van der Waals surface area contributed by atoms with Gasteiger partial charge in [0.25, 0.3) is 10.2 Å². The van der Waals surface area contributed by atoms with Crippen LogP contribution >= 0.6 is 0 Å². The summed E-state index contributed by atoms with van der Waals surface area (Å²) in [6.07, 6.45) is 7.52. The maximum atomic E-state index is 12.8. The van der Waals surface area contributed by atoms with E-state index in [4.69, 9.17) is 0 Å². The molecule has 0 aromatic carbocycles. The van der Waals surface area contributed by atoms with Gasteiger partial charge in [-0.3, -0.25) is 0 Å². The predicted octanol–water partition coefficient (Wildman–Crippen LogP) is 1.57. The lowest BCUT2D eigenvalue weighted by Gasteiger charge is -2.37. The Balaban J connectivity index is 1.72. The lowest BCUT2D eigenvalue weighted by molar-refractivity contribution is 0.239. The van der Waals surface area contributed by atoms with Crippen LogP contribution in [0.25, 0.3) is 0 Å². The highest BCUT2D eigenvalue weighted by molar-refractivity contribution is 7.86. The highest BCUT2D eigenvalue weighted by Crippen LogP contribution is 2.28. The molecule has 2 unspecified atom stereocenters. The van der Waals surface area contributed by atoms with Crippen LogP contribution in [0.15, 0.2) is 12.4 Å². The number of rotatable bonds is 3. The van der Waals surface area contributed by atoms with Crippen molar-refractivity contribution in [3.05, 3.63) is 18.2 Å². The van der Waals surface area contributed by atoms with E-state index in [-0.39, 0.29) is 5.92 Å². The zero-order chi connectivity index (χ0) is 14.9. The summed E-state index contributed by atoms with van der Waals surface area (Å²) in [7, 11) is -3.32. The van der Waals surface area contributed by atoms with E-state index in [0.29, 0.717) is 32.1 Å². The minimum atomic E-state index is -3.32. The molecule has 2 aliphatic heterocycles. The molecule has 0 saturated carbocycles. The van der Waals surface area contributed by atoms with Gasteiger partial charge in [-0.25, -0.2) is 4.98 Å². The van der Waals surface area contributed by atoms with Gasteiger partial charge in [-0.15, -0.1) is 0 Å². The topological polar surface area (TPSA) is 69.3 Å². The maximum absolute atomic E-state index is 12.8. The predicted molar refractivity (Wildman–Crippen MR) is 81.0 cm³/mol. The van der Waals surface area contributed by atoms with Gasteiger partial charge < -0.3 is 4.98 Å². The van der Waals surface area contributed by atoms with Crippen LogP contribution in [-0.2, 0) is 10.2 Å². The minimum absolute atomic E-state index is 0.186. The molecule has 1 aromatic heterocycles. The smallest absolute Gasteiger partial charge is 0.282 e. The molecular weight excluding hydrogens is 288 g/mol. The van der Waals surface area contributed by atoms with Crippen LogP contribution in [0.4, 0.5) is 0 Å². The van der Waals surface area contributed by atoms with Gasteiger partial charge in [-0.05, 0) is 31.6 Å². The zero-order valence-electron chi connectivity index (χ0n) is 12.5. The summed E-state index contributed by atoms with van der Waals surface area (Å²) in [4.78, 5) is 7.41. The molecule has 21 heavy (non-hydrogen) atoms. The molecule has 0 bridgehead atoms. The Kier molecular flexibility index (Phi) is 4.33. The van der Waals surface area contributed by atoms with Gasteiger partial charge >= 0.3 is 0 Å². The molecule has 0 spiro atoms. The van der Waals surface area contributed by atoms with Crippen molar-refractivity contribution in [2.24, 2.45) is 5.92 Å². The van der Waals surface area contributed by atoms with Crippen LogP contribution in [0.1, 0.15) is 44.3 Å². The first kappa shape index (κ1) is 15.0. The molecule has 0 radical (unpaired) electrons. The Hall–Kier alpha value is -0.920. The third kappa shape index (κ3) is 3.14. The second kappa shape index (κ2) is 6.06. The number of imidazole rings is 1. The highest BCUT2D eigenvalue weighted by atomic mass is 32.2. The number of nitrogens with zero attached hydrogens (tertiary/aromatic N) is 3. The van der Waals surface area contributed by atoms with Crippen LogP contribution in [0.5, 0.6) is 0 Å². The minimum Gasteiger partial charge on any atom is -0.348 e. The van der Waals surface area contributed by atoms with Gasteiger partial charge in [0.2, 0.25) is 0 Å². The Labute approximate surface area is 126 Å². The summed E-state index contributed by atoms with van der Waals surface area (Å²) in [5.74, 6) is 1.55. The quantitative estimate of drug-likeness (QED) is 0.921. The van der Waals surface area contributed by atoms with E-state index >= 15 is 0 Å². The Morgan fingerprint density at radius 1 is 1.19 bits per heavy atom. The van der Waals surface area contributed by atoms with Crippen LogP contribution in [0.3, 0.4) is 0 Å². The lowest BCUT2D eigenvalue weighted by Crippen LogP contribution is -2.50. The standard InChI is InChI=1S/C14H24N4O2S/c1-12-4-2-8-17(10-12)21(19,20)18-9-3-5-13(11-18)14-15-6-7-16-14/h6-7,12-13H,2-5,8-11H2,1H3,(H,15,16). The Morgan fingerprint density at radius 3 is 2.57 bits per heavy atom. The average molecular weight is 312 g/mol. The summed E-state index contributed by atoms with van der Waals surface area (Å²) < 4.78 is 29.0. The number of piperidine rings is 2. The normalized spacial score (nSPS) is 29.6. The van der Waals surface area contributed by atoms with Crippen molar-refractivity contribution in [2.75, 3.05) is 26.2 Å². The van der Waals surface area contributed by atoms with Crippen molar-refractivity contribution >= 4 is 10.2 Å². The summed E-state index contributed by atoms with van der Waals surface area (Å²) in [6, 6.07) is 0. The van der Waals surface area contributed by atoms with E-state index < -0.39 is 10.2 Å². The summed E-state index contributed by atoms with van der Waals surface area (Å²) in [6.45, 7) is 4.62. The molecule has 1 N–H and O–H groups in total. The largest absolute Gasteiger partial charge is 0.348 e. The van der Waals surface area contributed by atoms with Crippen LogP contribution in [0, 0.1) is 5.92 Å². The van der Waals surface area contributed by atoms with E-state index in [9.17, 15) is 8.42 Å². The molecule has 1 aromatic rings. The molecular formula is C14H24N4O2S. The van der Waals surface area contributed by atoms with Gasteiger partial charge in [0.15, 0.2) is 0 Å². The maximum Gasteiger partial charge on any atom is 0.282 e. The first-order chi connectivity index (χ1) is 10.1. The van der Waals surface area contributed by atoms with Crippen LogP contribution in [0.2, 0.25) is 0 Å². The average Bonchev–Trinajstić information content (AvgIpc) is 3.02. The number of aromatic nitrogens is 2. The number of aromatic amines is 1. The van der Waals surface area contributed by atoms with E-state index in [1.807, 2.05) is 0 Å². The second-order valence-corrected chi connectivity index (χ2v) is 8.21. The Bertz CT molecular complexity index is 558. The van der Waals surface area contributed by atoms with Gasteiger partial charge in [0.05, 0.1) is 0 Å². The van der Waals surface area contributed by atoms with Gasteiger partial charge in [0, 0.05) is 44.5 Å². The SMILES string of the molecule is CC1CCCN(S(=O)(=O)N2CCCC(c3ncc[nH]3)C2)C1. The van der Waals surface area contributed by atoms with Crippen molar-refractivity contribution in [1.82, 2.24) is 18.6 Å². The molecule has 2 aliphatic rings. The van der Waals surface area contributed by atoms with E-state index in [1.54, 1.807) is 21.0 Å². The molecule has 2 atom stereocenters. The Morgan fingerprint density at radius 2 is 1.90 bits per heavy atom. The summed E-state index contributed by atoms with van der Waals surface area (Å²) >= 11 is 0. The van der Waals surface area contributed by atoms with Crippen molar-refractivity contribution in [2.45, 2.75) is 38.5 Å². The van der Waals surface area contributed by atoms with Gasteiger partial charge in [-0.2, -0.15) is 17.0 Å². The molecule has 3 rings (SSSR count). The number of hydrogen-bond donors (Lipinski definition) is 1. The molecule has 7 heteroatoms. The zero-order valence-corrected chi connectivity index (χ0v) is 13.3. The first-order valence-corrected chi connectivity index (χ1v) is 9.21. The molecule has 0 amide bonds. The molecule has 2 saturated heterocycles. The number of hydrogen-bond acceptors (Lipinski definition) is 3. The monoisotopic (exact) mass is 312 g/mol. The fourth-order valence-electron chi connectivity index (χ4n) is 3.40. The first-order valence-electron chi connectivity index (χ1n) is 7.82. The van der Waals surface area contributed by atoms with Crippen LogP contribution in [-0.4, -0.2) is 53.2 Å². The summed E-state index contributed by atoms with van der Waals surface area (Å²) in [5, 5.41) is 0. The van der Waals surface area contributed by atoms with Crippen molar-refractivity contribution in [3.8, 4) is 0 Å². The molecule has 118 valence electrons. The second-order valence-electron chi connectivity index (χ2n) is 6.28. The fraction of sp³-hybridized carbons (Fsp3) is 0.786. The highest BCUT2D eigenvalue weighted by Gasteiger charge is 2.36. The fourth-order valence-corrected chi connectivity index (χ4v) is 5.25. The number of nitrogens with one attached hydrogen (secondary N) is 1. The summed E-state index contributed by atoms with van der Waals surface area (Å²) in [5.41, 5.74) is 0. The van der Waals surface area contributed by atoms with Crippen molar-refractivity contribution in [3.63, 3.8) is 0 Å². The number of H-pyrrole nitrogens is 1.